The Morgan fingerprint density at radius 2 is 2.09 bits per heavy atom. The molecule has 3 N–H and O–H groups in total. The number of aromatic nitrogens is 2. The van der Waals surface area contributed by atoms with E-state index in [-0.39, 0.29) is 91.2 Å². The molecule has 4 atom stereocenters. The number of aliphatic hydroxyl groups excluding tert-OH is 1. The van der Waals surface area contributed by atoms with Crippen LogP contribution in [0.3, 0.4) is 0 Å². The lowest BCUT2D eigenvalue weighted by Gasteiger charge is -2.38. The monoisotopic (exact) mass is 670 g/mol. The first kappa shape index (κ1) is 29.8. The molecule has 8 rings (SSSR count). The molecule has 4 aromatic rings. The van der Waals surface area contributed by atoms with Crippen molar-refractivity contribution in [3.8, 4) is 29.0 Å². The van der Waals surface area contributed by atoms with E-state index in [1.54, 1.807) is 0 Å². The summed E-state index contributed by atoms with van der Waals surface area (Å²) in [5.41, 5.74) is 5.58. The minimum atomic E-state index is -0.950. The molecular weight excluding hydrogens is 641 g/mol. The molecule has 4 aliphatic heterocycles. The van der Waals surface area contributed by atoms with Gasteiger partial charge < -0.3 is 25.2 Å². The van der Waals surface area contributed by atoms with Gasteiger partial charge >= 0.3 is 6.01 Å². The van der Waals surface area contributed by atoms with Crippen molar-refractivity contribution in [3.63, 3.8) is 0 Å². The summed E-state index contributed by atoms with van der Waals surface area (Å²) in [5.74, 6) is -0.900. The normalized spacial score (nSPS) is 25.7. The van der Waals surface area contributed by atoms with E-state index in [2.05, 4.69) is 9.88 Å². The summed E-state index contributed by atoms with van der Waals surface area (Å²) in [4.78, 5) is 13.5. The van der Waals surface area contributed by atoms with Gasteiger partial charge in [-0.15, -0.1) is 11.3 Å². The molecule has 2 aromatic heterocycles. The second-order valence-electron chi connectivity index (χ2n) is 12.7. The Labute approximate surface area is 271 Å². The number of hydrogen-bond donors (Lipinski definition) is 2. The van der Waals surface area contributed by atoms with Gasteiger partial charge in [-0.25, -0.2) is 13.2 Å². The number of rotatable bonds is 5. The van der Waals surface area contributed by atoms with Crippen molar-refractivity contribution >= 4 is 54.7 Å². The van der Waals surface area contributed by atoms with E-state index in [4.69, 9.17) is 31.8 Å². The van der Waals surface area contributed by atoms with Crippen LogP contribution < -0.4 is 20.1 Å². The molecule has 46 heavy (non-hydrogen) atoms. The molecule has 2 aromatic carbocycles. The van der Waals surface area contributed by atoms with Gasteiger partial charge in [0.25, 0.3) is 0 Å². The summed E-state index contributed by atoms with van der Waals surface area (Å²) < 4.78 is 59.2. The molecule has 0 spiro atoms. The van der Waals surface area contributed by atoms with Crippen molar-refractivity contribution in [1.29, 1.82) is 5.26 Å². The van der Waals surface area contributed by atoms with Crippen LogP contribution in [0, 0.1) is 28.9 Å². The molecule has 6 heterocycles. The Morgan fingerprint density at radius 3 is 2.89 bits per heavy atom. The average molecular weight is 671 g/mol. The Bertz CT molecular complexity index is 1950. The summed E-state index contributed by atoms with van der Waals surface area (Å²) in [6.07, 6.45) is 2.57. The molecule has 3 unspecified atom stereocenters. The number of halogens is 4. The molecule has 0 aliphatic carbocycles. The molecule has 3 saturated heterocycles. The zero-order chi connectivity index (χ0) is 31.9. The number of aliphatic hydroxyl groups is 1. The SMILES string of the molecule is N#Cc1c(N)sc2c(F)ccc(-c3c(Cl)c4c5c(nc(OCC67CCCN6C[C@H](F)C7)nc5c3F)N3CC(CO)CCC3CO4)c12. The molecule has 0 amide bonds. The number of nitrogen functional groups attached to an aromatic ring is 1. The summed E-state index contributed by atoms with van der Waals surface area (Å²) in [5, 5.41) is 20.4. The van der Waals surface area contributed by atoms with E-state index < -0.39 is 23.3 Å². The number of fused-ring (bicyclic) bond motifs is 4. The van der Waals surface area contributed by atoms with Crippen molar-refractivity contribution in [3.05, 3.63) is 34.4 Å². The summed E-state index contributed by atoms with van der Waals surface area (Å²) >= 11 is 7.91. The van der Waals surface area contributed by atoms with E-state index in [0.717, 1.165) is 37.1 Å². The number of hydrogen-bond acceptors (Lipinski definition) is 10. The number of benzene rings is 2. The van der Waals surface area contributed by atoms with Crippen LogP contribution in [-0.4, -0.2) is 77.2 Å². The second-order valence-corrected chi connectivity index (χ2v) is 14.2. The summed E-state index contributed by atoms with van der Waals surface area (Å²) in [6.45, 7) is 1.94. The number of anilines is 2. The van der Waals surface area contributed by atoms with Crippen LogP contribution >= 0.6 is 22.9 Å². The first-order chi connectivity index (χ1) is 22.2. The van der Waals surface area contributed by atoms with E-state index in [1.165, 1.54) is 12.1 Å². The summed E-state index contributed by atoms with van der Waals surface area (Å²) in [7, 11) is 0. The van der Waals surface area contributed by atoms with Crippen molar-refractivity contribution in [2.75, 3.05) is 50.1 Å². The van der Waals surface area contributed by atoms with E-state index in [0.29, 0.717) is 31.7 Å². The van der Waals surface area contributed by atoms with Gasteiger partial charge in [-0.3, -0.25) is 4.90 Å². The third kappa shape index (κ3) is 4.41. The fourth-order valence-electron chi connectivity index (χ4n) is 7.90. The van der Waals surface area contributed by atoms with Gasteiger partial charge in [0.2, 0.25) is 0 Å². The van der Waals surface area contributed by atoms with E-state index in [1.807, 2.05) is 11.0 Å². The zero-order valence-electron chi connectivity index (χ0n) is 24.7. The molecular formula is C32H30ClF3N6O3S. The molecule has 3 fully saturated rings. The van der Waals surface area contributed by atoms with Gasteiger partial charge in [0.05, 0.1) is 32.3 Å². The van der Waals surface area contributed by atoms with Crippen LogP contribution in [0.4, 0.5) is 24.0 Å². The number of nitrogens with two attached hydrogens (primary N) is 1. The van der Waals surface area contributed by atoms with Crippen LogP contribution in [0.1, 0.15) is 37.7 Å². The number of thiophene rings is 1. The van der Waals surface area contributed by atoms with Crippen molar-refractivity contribution in [2.45, 2.75) is 49.9 Å². The molecule has 14 heteroatoms. The van der Waals surface area contributed by atoms with Crippen LogP contribution in [0.25, 0.3) is 32.1 Å². The van der Waals surface area contributed by atoms with E-state index in [9.17, 15) is 19.1 Å². The van der Waals surface area contributed by atoms with Crippen molar-refractivity contribution in [2.24, 2.45) is 5.92 Å². The lowest BCUT2D eigenvalue weighted by Crippen LogP contribution is -2.47. The first-order valence-corrected chi connectivity index (χ1v) is 16.6. The molecule has 9 nitrogen and oxygen atoms in total. The molecule has 0 radical (unpaired) electrons. The minimum Gasteiger partial charge on any atom is -0.489 e. The van der Waals surface area contributed by atoms with Gasteiger partial charge in [0.1, 0.15) is 47.6 Å². The second kappa shape index (κ2) is 11.0. The quantitative estimate of drug-likeness (QED) is 0.271. The Balaban J connectivity index is 1.35. The Hall–Kier alpha value is -3.57. The van der Waals surface area contributed by atoms with Crippen LogP contribution in [0.5, 0.6) is 11.8 Å². The average Bonchev–Trinajstić information content (AvgIpc) is 3.66. The minimum absolute atomic E-state index is 0.0170. The highest BCUT2D eigenvalue weighted by atomic mass is 35.5. The maximum Gasteiger partial charge on any atom is 0.319 e. The van der Waals surface area contributed by atoms with Crippen molar-refractivity contribution in [1.82, 2.24) is 14.9 Å². The number of nitrogens with zero attached hydrogens (tertiary/aromatic N) is 5. The number of piperidine rings is 1. The number of nitriles is 1. The van der Waals surface area contributed by atoms with Gasteiger partial charge in [-0.2, -0.15) is 15.2 Å². The molecule has 0 saturated carbocycles. The largest absolute Gasteiger partial charge is 0.489 e. The Kier molecular flexibility index (Phi) is 7.13. The van der Waals surface area contributed by atoms with Crippen LogP contribution in [0.15, 0.2) is 12.1 Å². The van der Waals surface area contributed by atoms with Crippen molar-refractivity contribution < 1.29 is 27.8 Å². The topological polar surface area (TPSA) is 121 Å². The predicted octanol–water partition coefficient (Wildman–Crippen LogP) is 5.82. The Morgan fingerprint density at radius 1 is 1.24 bits per heavy atom. The van der Waals surface area contributed by atoms with Gasteiger partial charge in [-0.05, 0) is 49.8 Å². The third-order valence-electron chi connectivity index (χ3n) is 10.1. The first-order valence-electron chi connectivity index (χ1n) is 15.4. The standard InChI is InChI=1S/C32H30ClF3N6O3S/c33-24-22(18-4-5-20(35)28-21(18)19(9-37)29(38)46-28)25(36)26-23-27(24)44-13-17-3-2-15(12-43)10-42(17)30(23)40-31(39-26)45-14-32-6-1-7-41(32)11-16(34)8-32/h4-5,15-17,43H,1-3,6-8,10-14,38H2/t15?,16-,17?,32?/m1/s1. The zero-order valence-corrected chi connectivity index (χ0v) is 26.2. The molecule has 240 valence electrons. The van der Waals surface area contributed by atoms with Crippen LogP contribution in [0.2, 0.25) is 5.02 Å². The highest BCUT2D eigenvalue weighted by Crippen LogP contribution is 2.52. The molecule has 0 bridgehead atoms. The predicted molar refractivity (Wildman–Crippen MR) is 169 cm³/mol. The number of alkyl halides is 1. The fourth-order valence-corrected chi connectivity index (χ4v) is 9.18. The van der Waals surface area contributed by atoms with Gasteiger partial charge in [0.15, 0.2) is 11.6 Å². The fraction of sp³-hybridized carbons (Fsp3) is 0.469. The highest BCUT2D eigenvalue weighted by molar-refractivity contribution is 7.23. The lowest BCUT2D eigenvalue weighted by atomic mass is 9.93. The third-order valence-corrected chi connectivity index (χ3v) is 11.5. The maximum absolute atomic E-state index is 17.1. The highest BCUT2D eigenvalue weighted by Gasteiger charge is 2.49. The maximum atomic E-state index is 17.1. The summed E-state index contributed by atoms with van der Waals surface area (Å²) in [6, 6.07) is 4.37. The number of ether oxygens (including phenoxy) is 2. The molecule has 4 aliphatic rings. The van der Waals surface area contributed by atoms with Gasteiger partial charge in [0, 0.05) is 37.1 Å². The van der Waals surface area contributed by atoms with Gasteiger partial charge in [-0.1, -0.05) is 17.7 Å². The van der Waals surface area contributed by atoms with Crippen LogP contribution in [-0.2, 0) is 0 Å². The van der Waals surface area contributed by atoms with E-state index >= 15 is 4.39 Å². The lowest BCUT2D eigenvalue weighted by molar-refractivity contribution is 0.107. The smallest absolute Gasteiger partial charge is 0.319 e.